The van der Waals surface area contributed by atoms with Crippen LogP contribution in [0.2, 0.25) is 0 Å². The molecule has 2 aromatic heterocycles. The molecule has 0 amide bonds. The van der Waals surface area contributed by atoms with Gasteiger partial charge in [0.2, 0.25) is 0 Å². The molecule has 1 N–H and O–H groups in total. The summed E-state index contributed by atoms with van der Waals surface area (Å²) < 4.78 is 0. The van der Waals surface area contributed by atoms with Gasteiger partial charge >= 0.3 is 5.97 Å². The minimum absolute atomic E-state index is 0.259. The van der Waals surface area contributed by atoms with Crippen molar-refractivity contribution >= 4 is 22.4 Å². The zero-order chi connectivity index (χ0) is 13.0. The Morgan fingerprint density at radius 3 is 2.89 bits per heavy atom. The van der Waals surface area contributed by atoms with E-state index in [2.05, 4.69) is 9.97 Å². The summed E-state index contributed by atoms with van der Waals surface area (Å²) in [5, 5.41) is 9.54. The van der Waals surface area contributed by atoms with Gasteiger partial charge in [-0.2, -0.15) is 0 Å². The highest BCUT2D eigenvalue weighted by atomic mass is 32.1. The first-order valence-corrected chi connectivity index (χ1v) is 6.28. The fourth-order valence-electron chi connectivity index (χ4n) is 1.46. The van der Waals surface area contributed by atoms with E-state index < -0.39 is 5.97 Å². The summed E-state index contributed by atoms with van der Waals surface area (Å²) in [5.74, 6) is -0.933. The Morgan fingerprint density at radius 2 is 2.28 bits per heavy atom. The fraction of sp³-hybridized carbons (Fsp3) is 0.250. The Bertz CT molecular complexity index is 527. The van der Waals surface area contributed by atoms with E-state index in [1.54, 1.807) is 6.20 Å². The summed E-state index contributed by atoms with van der Waals surface area (Å²) >= 11 is 1.18. The smallest absolute Gasteiger partial charge is 0.347 e. The van der Waals surface area contributed by atoms with E-state index in [4.69, 9.17) is 5.11 Å². The number of aromatic nitrogens is 2. The molecule has 0 aromatic carbocycles. The van der Waals surface area contributed by atoms with Crippen molar-refractivity contribution in [1.82, 2.24) is 9.97 Å². The molecule has 2 heterocycles. The van der Waals surface area contributed by atoms with Gasteiger partial charge < -0.3 is 10.0 Å². The number of thiazole rings is 1. The van der Waals surface area contributed by atoms with Gasteiger partial charge in [0.1, 0.15) is 4.88 Å². The van der Waals surface area contributed by atoms with Crippen LogP contribution in [0.3, 0.4) is 0 Å². The van der Waals surface area contributed by atoms with Crippen molar-refractivity contribution in [2.45, 2.75) is 6.42 Å². The third-order valence-corrected chi connectivity index (χ3v) is 3.56. The van der Waals surface area contributed by atoms with E-state index in [9.17, 15) is 4.79 Å². The SMILES string of the molecule is CN(CCc1ccccn1)c1ncc(C(=O)O)s1. The summed E-state index contributed by atoms with van der Waals surface area (Å²) in [5.41, 5.74) is 1.01. The molecule has 0 saturated heterocycles. The molecule has 2 aromatic rings. The summed E-state index contributed by atoms with van der Waals surface area (Å²) in [6, 6.07) is 5.81. The van der Waals surface area contributed by atoms with Crippen molar-refractivity contribution in [3.8, 4) is 0 Å². The first kappa shape index (κ1) is 12.5. The molecule has 18 heavy (non-hydrogen) atoms. The maximum absolute atomic E-state index is 10.8. The number of aromatic carboxylic acids is 1. The van der Waals surface area contributed by atoms with Crippen LogP contribution in [0.1, 0.15) is 15.4 Å². The molecule has 0 spiro atoms. The zero-order valence-electron chi connectivity index (χ0n) is 9.91. The van der Waals surface area contributed by atoms with Crippen molar-refractivity contribution < 1.29 is 9.90 Å². The lowest BCUT2D eigenvalue weighted by Gasteiger charge is -2.14. The van der Waals surface area contributed by atoms with Crippen LogP contribution in [0.25, 0.3) is 0 Å². The van der Waals surface area contributed by atoms with Gasteiger partial charge in [0.25, 0.3) is 0 Å². The lowest BCUT2D eigenvalue weighted by molar-refractivity contribution is 0.0702. The second-order valence-corrected chi connectivity index (χ2v) is 4.81. The maximum Gasteiger partial charge on any atom is 0.347 e. The van der Waals surface area contributed by atoms with Gasteiger partial charge in [-0.1, -0.05) is 17.4 Å². The van der Waals surface area contributed by atoms with Crippen LogP contribution < -0.4 is 4.90 Å². The van der Waals surface area contributed by atoms with Crippen LogP contribution in [0.4, 0.5) is 5.13 Å². The molecule has 0 aliphatic carbocycles. The van der Waals surface area contributed by atoms with Gasteiger partial charge in [-0.3, -0.25) is 4.98 Å². The first-order valence-electron chi connectivity index (χ1n) is 5.47. The minimum Gasteiger partial charge on any atom is -0.477 e. The predicted octanol–water partition coefficient (Wildman–Crippen LogP) is 1.92. The number of hydrogen-bond donors (Lipinski definition) is 1. The number of hydrogen-bond acceptors (Lipinski definition) is 5. The average Bonchev–Trinajstić information content (AvgIpc) is 2.87. The Morgan fingerprint density at radius 1 is 1.44 bits per heavy atom. The monoisotopic (exact) mass is 263 g/mol. The molecule has 0 aliphatic rings. The Balaban J connectivity index is 1.95. The quantitative estimate of drug-likeness (QED) is 0.892. The third kappa shape index (κ3) is 3.04. The summed E-state index contributed by atoms with van der Waals surface area (Å²) in [6.45, 7) is 0.754. The molecule has 0 radical (unpaired) electrons. The van der Waals surface area contributed by atoms with E-state index in [1.165, 1.54) is 17.5 Å². The van der Waals surface area contributed by atoms with Crippen molar-refractivity contribution in [2.75, 3.05) is 18.5 Å². The highest BCUT2D eigenvalue weighted by molar-refractivity contribution is 7.17. The number of nitrogens with zero attached hydrogens (tertiary/aromatic N) is 3. The van der Waals surface area contributed by atoms with E-state index in [0.29, 0.717) is 5.13 Å². The second kappa shape index (κ2) is 5.59. The van der Waals surface area contributed by atoms with E-state index in [-0.39, 0.29) is 4.88 Å². The van der Waals surface area contributed by atoms with Gasteiger partial charge in [0.05, 0.1) is 6.20 Å². The first-order chi connectivity index (χ1) is 8.66. The minimum atomic E-state index is -0.933. The van der Waals surface area contributed by atoms with Crippen molar-refractivity contribution in [1.29, 1.82) is 0 Å². The summed E-state index contributed by atoms with van der Waals surface area (Å²) in [4.78, 5) is 21.3. The molecule has 0 saturated carbocycles. The Labute approximate surface area is 109 Å². The number of rotatable bonds is 5. The predicted molar refractivity (Wildman–Crippen MR) is 70.3 cm³/mol. The van der Waals surface area contributed by atoms with Crippen molar-refractivity contribution in [3.63, 3.8) is 0 Å². The lowest BCUT2D eigenvalue weighted by atomic mass is 10.2. The molecular weight excluding hydrogens is 250 g/mol. The Kier molecular flexibility index (Phi) is 3.88. The average molecular weight is 263 g/mol. The van der Waals surface area contributed by atoms with Crippen molar-refractivity contribution in [2.24, 2.45) is 0 Å². The molecule has 2 rings (SSSR count). The van der Waals surface area contributed by atoms with Crippen LogP contribution in [0.15, 0.2) is 30.6 Å². The van der Waals surface area contributed by atoms with Crippen LogP contribution >= 0.6 is 11.3 Å². The fourth-order valence-corrected chi connectivity index (χ4v) is 2.21. The second-order valence-electron chi connectivity index (χ2n) is 3.80. The molecule has 0 bridgehead atoms. The molecule has 5 nitrogen and oxygen atoms in total. The highest BCUT2D eigenvalue weighted by Crippen LogP contribution is 2.21. The molecule has 0 fully saturated rings. The molecular formula is C12H13N3O2S. The van der Waals surface area contributed by atoms with Gasteiger partial charge in [-0.05, 0) is 12.1 Å². The number of likely N-dealkylation sites (N-methyl/N-ethyl adjacent to an activating group) is 1. The standard InChI is InChI=1S/C12H13N3O2S/c1-15(7-5-9-4-2-3-6-13-9)12-14-8-10(18-12)11(16)17/h2-4,6,8H,5,7H2,1H3,(H,16,17). The number of carboxylic acid groups (broad SMARTS) is 1. The van der Waals surface area contributed by atoms with Crippen LogP contribution in [-0.2, 0) is 6.42 Å². The number of carbonyl (C=O) groups is 1. The van der Waals surface area contributed by atoms with Crippen LogP contribution in [0.5, 0.6) is 0 Å². The highest BCUT2D eigenvalue weighted by Gasteiger charge is 2.11. The largest absolute Gasteiger partial charge is 0.477 e. The molecule has 0 unspecified atom stereocenters. The maximum atomic E-state index is 10.8. The number of anilines is 1. The van der Waals surface area contributed by atoms with Crippen LogP contribution in [0, 0.1) is 0 Å². The molecule has 94 valence electrons. The summed E-state index contributed by atoms with van der Waals surface area (Å²) in [6.07, 6.45) is 3.96. The number of carboxylic acids is 1. The van der Waals surface area contributed by atoms with E-state index >= 15 is 0 Å². The van der Waals surface area contributed by atoms with Crippen molar-refractivity contribution in [3.05, 3.63) is 41.2 Å². The van der Waals surface area contributed by atoms with Gasteiger partial charge in [0.15, 0.2) is 5.13 Å². The van der Waals surface area contributed by atoms with E-state index in [1.807, 2.05) is 30.1 Å². The normalized spacial score (nSPS) is 10.3. The lowest BCUT2D eigenvalue weighted by Crippen LogP contribution is -2.20. The topological polar surface area (TPSA) is 66.3 Å². The Hall–Kier alpha value is -1.95. The molecule has 6 heteroatoms. The molecule has 0 aliphatic heterocycles. The van der Waals surface area contributed by atoms with Gasteiger partial charge in [0, 0.05) is 31.9 Å². The van der Waals surface area contributed by atoms with Gasteiger partial charge in [-0.15, -0.1) is 0 Å². The zero-order valence-corrected chi connectivity index (χ0v) is 10.7. The van der Waals surface area contributed by atoms with E-state index in [0.717, 1.165) is 18.7 Å². The van der Waals surface area contributed by atoms with Crippen LogP contribution in [-0.4, -0.2) is 34.6 Å². The molecule has 0 atom stereocenters. The third-order valence-electron chi connectivity index (χ3n) is 2.46. The van der Waals surface area contributed by atoms with Gasteiger partial charge in [-0.25, -0.2) is 9.78 Å². The summed E-state index contributed by atoms with van der Waals surface area (Å²) in [7, 11) is 1.90. The number of pyridine rings is 1.